The van der Waals surface area contributed by atoms with E-state index < -0.39 is 43.2 Å². The molecule has 4 aliphatic rings. The standard InChI is InChI=1S/C18H17Cl6NO4/c1-7(26)29-4-3-25-13(27)9-5-8-10(6-15(9,2)14(25)28)17(22)12(20)11(19)16(8,21)18(17,23)24/h8-10H,3-6H2,1-2H3/t8-,9-,10+,15-,16+,17+/m0/s1. The lowest BCUT2D eigenvalue weighted by molar-refractivity contribution is -0.147. The number of likely N-dealkylation sites (tertiary alicyclic amines) is 1. The smallest absolute Gasteiger partial charge is 0.302 e. The molecule has 0 spiro atoms. The van der Waals surface area contributed by atoms with Crippen LogP contribution >= 0.6 is 69.6 Å². The third-order valence-corrected chi connectivity index (χ3v) is 11.4. The van der Waals surface area contributed by atoms with Gasteiger partial charge in [0.1, 0.15) is 16.4 Å². The van der Waals surface area contributed by atoms with Gasteiger partial charge in [0.05, 0.1) is 27.9 Å². The minimum Gasteiger partial charge on any atom is -0.464 e. The van der Waals surface area contributed by atoms with Crippen LogP contribution in [0.15, 0.2) is 10.1 Å². The molecule has 4 rings (SSSR count). The Labute approximate surface area is 197 Å². The Morgan fingerprint density at radius 2 is 1.66 bits per heavy atom. The monoisotopic (exact) mass is 521 g/mol. The Hall–Kier alpha value is 0.0900. The molecule has 1 saturated heterocycles. The second-order valence-corrected chi connectivity index (χ2v) is 11.7. The summed E-state index contributed by atoms with van der Waals surface area (Å²) in [5.74, 6) is -2.67. The van der Waals surface area contributed by atoms with Crippen LogP contribution in [0.1, 0.15) is 26.7 Å². The van der Waals surface area contributed by atoms with Crippen molar-refractivity contribution < 1.29 is 19.1 Å². The molecule has 0 aromatic rings. The number of carbonyl (C=O) groups excluding carboxylic acids is 3. The van der Waals surface area contributed by atoms with Gasteiger partial charge in [-0.25, -0.2) is 0 Å². The van der Waals surface area contributed by atoms with E-state index in [-0.39, 0.29) is 47.9 Å². The molecule has 0 N–H and O–H groups in total. The molecule has 0 aromatic carbocycles. The SMILES string of the molecule is CC(=O)OCCN1C(=O)[C@@H]2C[C@H]3[C@@H](C[C@]2(C)C1=O)[C@@]1(Cl)C(Cl)=C(Cl)[C@@]3(Cl)C1(Cl)Cl. The summed E-state index contributed by atoms with van der Waals surface area (Å²) in [6, 6.07) is 0. The average molecular weight is 524 g/mol. The molecule has 3 aliphatic carbocycles. The third kappa shape index (κ3) is 2.41. The maximum Gasteiger partial charge on any atom is 0.302 e. The molecule has 0 aromatic heterocycles. The fraction of sp³-hybridized carbons (Fsp3) is 0.722. The number of hydrogen-bond donors (Lipinski definition) is 0. The Morgan fingerprint density at radius 1 is 1.10 bits per heavy atom. The quantitative estimate of drug-likeness (QED) is 0.312. The summed E-state index contributed by atoms with van der Waals surface area (Å²) in [5.41, 5.74) is -1.01. The van der Waals surface area contributed by atoms with E-state index in [1.165, 1.54) is 6.92 Å². The van der Waals surface area contributed by atoms with Crippen LogP contribution in [0.25, 0.3) is 0 Å². The fourth-order valence-electron chi connectivity index (χ4n) is 5.63. The Kier molecular flexibility index (Phi) is 5.04. The number of allylic oxidation sites excluding steroid dienone is 2. The average Bonchev–Trinajstić information content (AvgIpc) is 2.95. The molecule has 5 nitrogen and oxygen atoms in total. The van der Waals surface area contributed by atoms with Gasteiger partial charge in [-0.3, -0.25) is 19.3 Å². The molecule has 3 fully saturated rings. The first-order valence-corrected chi connectivity index (χ1v) is 11.3. The van der Waals surface area contributed by atoms with Gasteiger partial charge in [0.2, 0.25) is 11.8 Å². The molecule has 2 amide bonds. The van der Waals surface area contributed by atoms with Crippen molar-refractivity contribution in [3.05, 3.63) is 10.1 Å². The highest BCUT2D eigenvalue weighted by Crippen LogP contribution is 2.79. The van der Waals surface area contributed by atoms with Crippen LogP contribution in [0.3, 0.4) is 0 Å². The van der Waals surface area contributed by atoms with Gasteiger partial charge in [-0.15, -0.1) is 23.2 Å². The zero-order chi connectivity index (χ0) is 21.7. The molecule has 160 valence electrons. The van der Waals surface area contributed by atoms with Crippen LogP contribution in [0, 0.1) is 23.2 Å². The Bertz CT molecular complexity index is 876. The van der Waals surface area contributed by atoms with Gasteiger partial charge in [0.15, 0.2) is 4.33 Å². The first-order valence-electron chi connectivity index (χ1n) is 9.07. The summed E-state index contributed by atoms with van der Waals surface area (Å²) in [5, 5.41) is 0.182. The number of esters is 1. The highest BCUT2D eigenvalue weighted by Gasteiger charge is 2.84. The lowest BCUT2D eigenvalue weighted by atomic mass is 9.58. The minimum absolute atomic E-state index is 0.00851. The van der Waals surface area contributed by atoms with E-state index in [9.17, 15) is 14.4 Å². The number of carbonyl (C=O) groups is 3. The van der Waals surface area contributed by atoms with E-state index in [0.717, 1.165) is 4.90 Å². The van der Waals surface area contributed by atoms with Crippen molar-refractivity contribution in [2.75, 3.05) is 13.2 Å². The molecular weight excluding hydrogens is 507 g/mol. The van der Waals surface area contributed by atoms with Crippen molar-refractivity contribution in [1.29, 1.82) is 0 Å². The molecule has 29 heavy (non-hydrogen) atoms. The maximum absolute atomic E-state index is 13.2. The summed E-state index contributed by atoms with van der Waals surface area (Å²) >= 11 is 39.9. The van der Waals surface area contributed by atoms with Gasteiger partial charge in [-0.2, -0.15) is 0 Å². The van der Waals surface area contributed by atoms with Gasteiger partial charge >= 0.3 is 5.97 Å². The fourth-order valence-corrected chi connectivity index (χ4v) is 8.72. The summed E-state index contributed by atoms with van der Waals surface area (Å²) < 4.78 is 3.20. The van der Waals surface area contributed by atoms with Crippen molar-refractivity contribution in [2.24, 2.45) is 23.2 Å². The highest BCUT2D eigenvalue weighted by molar-refractivity contribution is 6.65. The van der Waals surface area contributed by atoms with E-state index in [4.69, 9.17) is 74.3 Å². The number of amides is 2. The number of rotatable bonds is 3. The second-order valence-electron chi connectivity index (χ2n) is 8.38. The van der Waals surface area contributed by atoms with Crippen LogP contribution < -0.4 is 0 Å². The lowest BCUT2D eigenvalue weighted by Gasteiger charge is -2.46. The topological polar surface area (TPSA) is 63.7 Å². The molecule has 2 saturated carbocycles. The zero-order valence-electron chi connectivity index (χ0n) is 15.4. The Balaban J connectivity index is 1.70. The van der Waals surface area contributed by atoms with E-state index in [2.05, 4.69) is 0 Å². The Morgan fingerprint density at radius 3 is 2.21 bits per heavy atom. The van der Waals surface area contributed by atoms with Crippen LogP contribution in [0.2, 0.25) is 0 Å². The van der Waals surface area contributed by atoms with Gasteiger partial charge in [0.25, 0.3) is 0 Å². The lowest BCUT2D eigenvalue weighted by Crippen LogP contribution is -2.49. The molecule has 0 radical (unpaired) electrons. The molecule has 0 unspecified atom stereocenters. The summed E-state index contributed by atoms with van der Waals surface area (Å²) in [7, 11) is 0. The van der Waals surface area contributed by atoms with Gasteiger partial charge in [-0.05, 0) is 31.6 Å². The van der Waals surface area contributed by atoms with Crippen LogP contribution in [0.5, 0.6) is 0 Å². The molecule has 1 aliphatic heterocycles. The number of imide groups is 1. The van der Waals surface area contributed by atoms with Crippen molar-refractivity contribution in [3.8, 4) is 0 Å². The predicted molar refractivity (Wildman–Crippen MR) is 112 cm³/mol. The summed E-state index contributed by atoms with van der Waals surface area (Å²) in [6.07, 6.45) is 0.478. The van der Waals surface area contributed by atoms with E-state index >= 15 is 0 Å². The summed E-state index contributed by atoms with van der Waals surface area (Å²) in [4.78, 5) is 35.5. The number of halogens is 6. The van der Waals surface area contributed by atoms with E-state index in [0.29, 0.717) is 0 Å². The highest BCUT2D eigenvalue weighted by atomic mass is 35.5. The van der Waals surface area contributed by atoms with Crippen molar-refractivity contribution in [2.45, 2.75) is 40.8 Å². The van der Waals surface area contributed by atoms with Crippen LogP contribution in [-0.4, -0.2) is 49.9 Å². The molecule has 1 heterocycles. The summed E-state index contributed by atoms with van der Waals surface area (Å²) in [6.45, 7) is 2.92. The number of ether oxygens (including phenoxy) is 1. The van der Waals surface area contributed by atoms with Gasteiger partial charge < -0.3 is 4.74 Å². The minimum atomic E-state index is -1.69. The number of fused-ring (bicyclic) bond motifs is 6. The number of hydrogen-bond acceptors (Lipinski definition) is 4. The predicted octanol–water partition coefficient (Wildman–Crippen LogP) is 4.41. The van der Waals surface area contributed by atoms with Crippen LogP contribution in [-0.2, 0) is 19.1 Å². The number of nitrogens with zero attached hydrogens (tertiary/aromatic N) is 1. The van der Waals surface area contributed by atoms with Gasteiger partial charge in [-0.1, -0.05) is 46.4 Å². The van der Waals surface area contributed by atoms with Crippen molar-refractivity contribution in [1.82, 2.24) is 4.90 Å². The first-order chi connectivity index (χ1) is 13.3. The molecular formula is C18H17Cl6NO4. The largest absolute Gasteiger partial charge is 0.464 e. The third-order valence-electron chi connectivity index (χ3n) is 7.07. The second kappa shape index (κ2) is 6.55. The molecule has 2 bridgehead atoms. The van der Waals surface area contributed by atoms with Crippen LogP contribution in [0.4, 0.5) is 0 Å². The zero-order valence-corrected chi connectivity index (χ0v) is 19.9. The van der Waals surface area contributed by atoms with Crippen molar-refractivity contribution >= 4 is 87.4 Å². The molecule has 11 heteroatoms. The maximum atomic E-state index is 13.2. The van der Waals surface area contributed by atoms with E-state index in [1.807, 2.05) is 0 Å². The first kappa shape index (κ1) is 22.3. The van der Waals surface area contributed by atoms with Gasteiger partial charge in [0, 0.05) is 6.92 Å². The normalized spacial score (nSPS) is 45.0. The van der Waals surface area contributed by atoms with Crippen molar-refractivity contribution in [3.63, 3.8) is 0 Å². The van der Waals surface area contributed by atoms with E-state index in [1.54, 1.807) is 6.92 Å². The molecule has 6 atom stereocenters. The number of alkyl halides is 4.